The topological polar surface area (TPSA) is 75.5 Å². The summed E-state index contributed by atoms with van der Waals surface area (Å²) in [6.07, 6.45) is 1.81. The van der Waals surface area contributed by atoms with E-state index in [9.17, 15) is 4.79 Å². The first-order chi connectivity index (χ1) is 17.1. The number of anilines is 1. The highest BCUT2D eigenvalue weighted by molar-refractivity contribution is 5.91. The zero-order chi connectivity index (χ0) is 24.2. The van der Waals surface area contributed by atoms with Crippen molar-refractivity contribution in [3.63, 3.8) is 0 Å². The Balaban J connectivity index is 1.28. The number of hydrogen-bond acceptors (Lipinski definition) is 5. The fourth-order valence-electron chi connectivity index (χ4n) is 4.46. The SMILES string of the molecule is CCOc1ccccc1NC(=O)N1CCN(Cc2nc3cccnc3n2-c2cccc(C)c2)CC1. The second-order valence-electron chi connectivity index (χ2n) is 8.67. The van der Waals surface area contributed by atoms with Crippen LogP contribution in [-0.2, 0) is 6.54 Å². The summed E-state index contributed by atoms with van der Waals surface area (Å²) in [4.78, 5) is 26.6. The highest BCUT2D eigenvalue weighted by Gasteiger charge is 2.24. The zero-order valence-electron chi connectivity index (χ0n) is 20.1. The van der Waals surface area contributed by atoms with Crippen LogP contribution in [0.3, 0.4) is 0 Å². The number of piperazine rings is 1. The summed E-state index contributed by atoms with van der Waals surface area (Å²) in [6, 6.07) is 19.7. The number of para-hydroxylation sites is 2. The van der Waals surface area contributed by atoms with Gasteiger partial charge in [-0.2, -0.15) is 0 Å². The lowest BCUT2D eigenvalue weighted by atomic mass is 10.2. The number of urea groups is 1. The van der Waals surface area contributed by atoms with Crippen LogP contribution in [0.25, 0.3) is 16.9 Å². The molecule has 0 atom stereocenters. The van der Waals surface area contributed by atoms with E-state index in [0.717, 1.165) is 35.8 Å². The van der Waals surface area contributed by atoms with E-state index in [4.69, 9.17) is 9.72 Å². The first kappa shape index (κ1) is 22.9. The van der Waals surface area contributed by atoms with Gasteiger partial charge in [0, 0.05) is 38.1 Å². The number of hydrogen-bond donors (Lipinski definition) is 1. The maximum Gasteiger partial charge on any atom is 0.322 e. The maximum absolute atomic E-state index is 12.9. The van der Waals surface area contributed by atoms with Crippen LogP contribution in [0, 0.1) is 6.92 Å². The van der Waals surface area contributed by atoms with Crippen molar-refractivity contribution in [1.82, 2.24) is 24.3 Å². The largest absolute Gasteiger partial charge is 0.492 e. The van der Waals surface area contributed by atoms with Gasteiger partial charge in [0.1, 0.15) is 17.1 Å². The van der Waals surface area contributed by atoms with Gasteiger partial charge < -0.3 is 15.0 Å². The van der Waals surface area contributed by atoms with Gasteiger partial charge in [0.2, 0.25) is 0 Å². The monoisotopic (exact) mass is 470 g/mol. The van der Waals surface area contributed by atoms with E-state index in [1.165, 1.54) is 5.56 Å². The molecular formula is C27H30N6O2. The predicted molar refractivity (Wildman–Crippen MR) is 137 cm³/mol. The minimum Gasteiger partial charge on any atom is -0.492 e. The standard InChI is InChI=1S/C27H30N6O2/c1-3-35-24-12-5-4-10-22(24)30-27(34)32-16-14-31(15-17-32)19-25-29-23-11-7-13-28-26(23)33(25)21-9-6-8-20(2)18-21/h4-13,18H,3,14-17,19H2,1-2H3,(H,30,34). The number of imidazole rings is 1. The third kappa shape index (κ3) is 4.97. The fraction of sp³-hybridized carbons (Fsp3) is 0.296. The lowest BCUT2D eigenvalue weighted by molar-refractivity contribution is 0.140. The maximum atomic E-state index is 12.9. The molecule has 2 amide bonds. The van der Waals surface area contributed by atoms with Crippen molar-refractivity contribution in [3.05, 3.63) is 78.2 Å². The number of carbonyl (C=O) groups is 1. The number of benzene rings is 2. The van der Waals surface area contributed by atoms with E-state index in [2.05, 4.69) is 51.0 Å². The molecule has 0 spiro atoms. The van der Waals surface area contributed by atoms with E-state index >= 15 is 0 Å². The van der Waals surface area contributed by atoms with Crippen molar-refractivity contribution in [2.45, 2.75) is 20.4 Å². The number of ether oxygens (including phenoxy) is 1. The first-order valence-corrected chi connectivity index (χ1v) is 12.0. The molecule has 1 saturated heterocycles. The molecule has 4 aromatic rings. The molecule has 1 aliphatic heterocycles. The van der Waals surface area contributed by atoms with Gasteiger partial charge in [0.15, 0.2) is 5.65 Å². The molecule has 0 aliphatic carbocycles. The summed E-state index contributed by atoms with van der Waals surface area (Å²) in [7, 11) is 0. The van der Waals surface area contributed by atoms with Crippen molar-refractivity contribution in [1.29, 1.82) is 0 Å². The molecule has 0 unspecified atom stereocenters. The van der Waals surface area contributed by atoms with Gasteiger partial charge in [-0.3, -0.25) is 9.47 Å². The highest BCUT2D eigenvalue weighted by atomic mass is 16.5. The minimum atomic E-state index is -0.104. The lowest BCUT2D eigenvalue weighted by Crippen LogP contribution is -2.49. The summed E-state index contributed by atoms with van der Waals surface area (Å²) in [6.45, 7) is 8.09. The Morgan fingerprint density at radius 2 is 1.86 bits per heavy atom. The number of nitrogens with one attached hydrogen (secondary N) is 1. The van der Waals surface area contributed by atoms with Crippen LogP contribution in [0.5, 0.6) is 5.75 Å². The molecule has 1 aliphatic rings. The normalized spacial score (nSPS) is 14.3. The van der Waals surface area contributed by atoms with Crippen molar-refractivity contribution in [2.75, 3.05) is 38.1 Å². The smallest absolute Gasteiger partial charge is 0.322 e. The average Bonchev–Trinajstić information content (AvgIpc) is 3.23. The number of aryl methyl sites for hydroxylation is 1. The molecule has 180 valence electrons. The Morgan fingerprint density at radius 3 is 2.66 bits per heavy atom. The van der Waals surface area contributed by atoms with Crippen LogP contribution in [0.1, 0.15) is 18.3 Å². The average molecular weight is 471 g/mol. The van der Waals surface area contributed by atoms with E-state index < -0.39 is 0 Å². The molecule has 5 rings (SSSR count). The summed E-state index contributed by atoms with van der Waals surface area (Å²) >= 11 is 0. The van der Waals surface area contributed by atoms with Crippen LogP contribution in [-0.4, -0.2) is 63.2 Å². The highest BCUT2D eigenvalue weighted by Crippen LogP contribution is 2.25. The molecule has 3 heterocycles. The zero-order valence-corrected chi connectivity index (χ0v) is 20.1. The number of pyridine rings is 1. The van der Waals surface area contributed by atoms with Crippen LogP contribution >= 0.6 is 0 Å². The predicted octanol–water partition coefficient (Wildman–Crippen LogP) is 4.48. The fourth-order valence-corrected chi connectivity index (χ4v) is 4.46. The van der Waals surface area contributed by atoms with Crippen LogP contribution in [0.2, 0.25) is 0 Å². The Labute approximate surface area is 205 Å². The summed E-state index contributed by atoms with van der Waals surface area (Å²) in [5.41, 5.74) is 4.69. The third-order valence-corrected chi connectivity index (χ3v) is 6.20. The summed E-state index contributed by atoms with van der Waals surface area (Å²) in [5, 5.41) is 3.00. The number of rotatable bonds is 6. The van der Waals surface area contributed by atoms with E-state index in [0.29, 0.717) is 37.7 Å². The summed E-state index contributed by atoms with van der Waals surface area (Å²) in [5.74, 6) is 1.64. The third-order valence-electron chi connectivity index (χ3n) is 6.20. The molecule has 1 N–H and O–H groups in total. The van der Waals surface area contributed by atoms with Gasteiger partial charge in [-0.05, 0) is 55.8 Å². The molecule has 8 heteroatoms. The Bertz CT molecular complexity index is 1330. The van der Waals surface area contributed by atoms with E-state index in [1.54, 1.807) is 6.20 Å². The van der Waals surface area contributed by atoms with Crippen LogP contribution in [0.15, 0.2) is 66.9 Å². The van der Waals surface area contributed by atoms with Gasteiger partial charge >= 0.3 is 6.03 Å². The molecule has 0 bridgehead atoms. The number of aromatic nitrogens is 3. The van der Waals surface area contributed by atoms with Gasteiger partial charge in [0.25, 0.3) is 0 Å². The van der Waals surface area contributed by atoms with Crippen molar-refractivity contribution in [2.24, 2.45) is 0 Å². The van der Waals surface area contributed by atoms with Crippen LogP contribution in [0.4, 0.5) is 10.5 Å². The van der Waals surface area contributed by atoms with Gasteiger partial charge in [-0.25, -0.2) is 14.8 Å². The minimum absolute atomic E-state index is 0.104. The number of amides is 2. The molecule has 2 aromatic carbocycles. The molecule has 0 radical (unpaired) electrons. The Hall–Kier alpha value is -3.91. The van der Waals surface area contributed by atoms with Crippen molar-refractivity contribution < 1.29 is 9.53 Å². The molecule has 1 fully saturated rings. The Kier molecular flexibility index (Phi) is 6.63. The first-order valence-electron chi connectivity index (χ1n) is 12.0. The number of nitrogens with zero attached hydrogens (tertiary/aromatic N) is 5. The van der Waals surface area contributed by atoms with Crippen molar-refractivity contribution >= 4 is 22.9 Å². The van der Waals surface area contributed by atoms with Crippen molar-refractivity contribution in [3.8, 4) is 11.4 Å². The van der Waals surface area contributed by atoms with Crippen LogP contribution < -0.4 is 10.1 Å². The molecule has 35 heavy (non-hydrogen) atoms. The summed E-state index contributed by atoms with van der Waals surface area (Å²) < 4.78 is 7.78. The second-order valence-corrected chi connectivity index (χ2v) is 8.67. The van der Waals surface area contributed by atoms with Gasteiger partial charge in [-0.15, -0.1) is 0 Å². The second kappa shape index (κ2) is 10.1. The lowest BCUT2D eigenvalue weighted by Gasteiger charge is -2.34. The Morgan fingerprint density at radius 1 is 1.03 bits per heavy atom. The molecule has 2 aromatic heterocycles. The van der Waals surface area contributed by atoms with Gasteiger partial charge in [-0.1, -0.05) is 24.3 Å². The van der Waals surface area contributed by atoms with E-state index in [1.807, 2.05) is 48.2 Å². The molecule has 8 nitrogen and oxygen atoms in total. The van der Waals surface area contributed by atoms with E-state index in [-0.39, 0.29) is 6.03 Å². The molecular weight excluding hydrogens is 440 g/mol. The van der Waals surface area contributed by atoms with Gasteiger partial charge in [0.05, 0.1) is 18.8 Å². The number of carbonyl (C=O) groups excluding carboxylic acids is 1. The molecule has 0 saturated carbocycles. The quantitative estimate of drug-likeness (QED) is 0.450. The number of fused-ring (bicyclic) bond motifs is 1.